The summed E-state index contributed by atoms with van der Waals surface area (Å²) in [6, 6.07) is 14.1. The first-order valence-electron chi connectivity index (χ1n) is 13.3. The largest absolute Gasteiger partial charge is 0.377 e. The van der Waals surface area contributed by atoms with Crippen LogP contribution in [0.2, 0.25) is 0 Å². The molecule has 0 radical (unpaired) electrons. The summed E-state index contributed by atoms with van der Waals surface area (Å²) >= 11 is 0. The number of rotatable bonds is 11. The number of sulfonamides is 2. The molecule has 9 nitrogen and oxygen atoms in total. The maximum absolute atomic E-state index is 13.6. The fraction of sp³-hybridized carbons (Fsp3) is 0.519. The minimum absolute atomic E-state index is 0.0350. The molecular formula is C27H37N3O6S2. The van der Waals surface area contributed by atoms with Crippen molar-refractivity contribution in [2.45, 2.75) is 73.8 Å². The zero-order chi connectivity index (χ0) is 27.2. The average Bonchev–Trinajstić information content (AvgIpc) is 3.43. The molecule has 1 saturated heterocycles. The number of nitrogens with zero attached hydrogens (tertiary/aromatic N) is 2. The van der Waals surface area contributed by atoms with E-state index in [1.807, 2.05) is 13.0 Å². The van der Waals surface area contributed by atoms with Crippen molar-refractivity contribution in [2.75, 3.05) is 31.6 Å². The van der Waals surface area contributed by atoms with E-state index in [9.17, 15) is 21.6 Å². The molecule has 208 valence electrons. The standard InChI is InChI=1S/C27H37N3O6S2/c1-2-30(23-12-7-4-8-13-23)38(34,35)26-17-15-25(16-18-26)37(32,33)29(20-24-14-9-19-36-24)21-27(31)28-22-10-5-3-6-11-22/h3,5-6,10-11,15-18,23-24H,2,4,7-9,12-14,19-21H2,1H3,(H,28,31). The predicted octanol–water partition coefficient (Wildman–Crippen LogP) is 3.84. The van der Waals surface area contributed by atoms with Gasteiger partial charge in [0.15, 0.2) is 0 Å². The van der Waals surface area contributed by atoms with Crippen LogP contribution < -0.4 is 5.32 Å². The Labute approximate surface area is 226 Å². The van der Waals surface area contributed by atoms with Crippen molar-refractivity contribution in [3.63, 3.8) is 0 Å². The van der Waals surface area contributed by atoms with Crippen LogP contribution >= 0.6 is 0 Å². The Bertz CT molecular complexity index is 1270. The van der Waals surface area contributed by atoms with Gasteiger partial charge in [0, 0.05) is 31.4 Å². The van der Waals surface area contributed by atoms with Gasteiger partial charge in [-0.15, -0.1) is 0 Å². The second-order valence-electron chi connectivity index (χ2n) is 9.82. The molecule has 2 aromatic rings. The normalized spacial score (nSPS) is 19.2. The Morgan fingerprint density at radius 2 is 1.50 bits per heavy atom. The Morgan fingerprint density at radius 1 is 0.868 bits per heavy atom. The SMILES string of the molecule is CCN(C1CCCCC1)S(=O)(=O)c1ccc(S(=O)(=O)N(CC(=O)Nc2ccccc2)CC2CCCO2)cc1. The fourth-order valence-corrected chi connectivity index (χ4v) is 8.33. The molecule has 1 aliphatic carbocycles. The molecule has 2 aliphatic rings. The van der Waals surface area contributed by atoms with Gasteiger partial charge in [-0.1, -0.05) is 44.4 Å². The molecule has 0 bridgehead atoms. The topological polar surface area (TPSA) is 113 Å². The summed E-state index contributed by atoms with van der Waals surface area (Å²) in [7, 11) is -7.87. The monoisotopic (exact) mass is 563 g/mol. The third kappa shape index (κ3) is 6.81. The summed E-state index contributed by atoms with van der Waals surface area (Å²) in [6.07, 6.45) is 6.03. The van der Waals surface area contributed by atoms with Gasteiger partial charge in [-0.3, -0.25) is 4.79 Å². The number of carbonyl (C=O) groups excluding carboxylic acids is 1. The Kier molecular flexibility index (Phi) is 9.59. The van der Waals surface area contributed by atoms with Crippen LogP contribution in [0.15, 0.2) is 64.4 Å². The van der Waals surface area contributed by atoms with Gasteiger partial charge in [0.05, 0.1) is 22.4 Å². The zero-order valence-electron chi connectivity index (χ0n) is 21.8. The van der Waals surface area contributed by atoms with Gasteiger partial charge in [0.25, 0.3) is 0 Å². The summed E-state index contributed by atoms with van der Waals surface area (Å²) in [5.74, 6) is -0.469. The number of hydrogen-bond donors (Lipinski definition) is 1. The van der Waals surface area contributed by atoms with Gasteiger partial charge in [0.1, 0.15) is 0 Å². The number of ether oxygens (including phenoxy) is 1. The molecule has 11 heteroatoms. The van der Waals surface area contributed by atoms with Crippen LogP contribution in [0.3, 0.4) is 0 Å². The molecule has 1 saturated carbocycles. The minimum atomic E-state index is -4.10. The van der Waals surface area contributed by atoms with Crippen LogP contribution in [-0.2, 0) is 29.6 Å². The summed E-state index contributed by atoms with van der Waals surface area (Å²) in [5.41, 5.74) is 0.569. The smallest absolute Gasteiger partial charge is 0.243 e. The van der Waals surface area contributed by atoms with E-state index in [1.165, 1.54) is 28.6 Å². The van der Waals surface area contributed by atoms with Gasteiger partial charge in [-0.05, 0) is 62.1 Å². The number of benzene rings is 2. The molecule has 1 aliphatic heterocycles. The second kappa shape index (κ2) is 12.7. The molecule has 1 amide bonds. The lowest BCUT2D eigenvalue weighted by Gasteiger charge is -2.32. The van der Waals surface area contributed by atoms with E-state index < -0.39 is 26.0 Å². The van der Waals surface area contributed by atoms with Crippen molar-refractivity contribution < 1.29 is 26.4 Å². The van der Waals surface area contributed by atoms with E-state index in [1.54, 1.807) is 24.3 Å². The molecule has 38 heavy (non-hydrogen) atoms. The summed E-state index contributed by atoms with van der Waals surface area (Å²) < 4.78 is 62.4. The van der Waals surface area contributed by atoms with E-state index in [2.05, 4.69) is 5.32 Å². The van der Waals surface area contributed by atoms with Crippen molar-refractivity contribution in [1.29, 1.82) is 0 Å². The van der Waals surface area contributed by atoms with Gasteiger partial charge >= 0.3 is 0 Å². The molecule has 0 aromatic heterocycles. The molecule has 1 N–H and O–H groups in total. The van der Waals surface area contributed by atoms with Crippen LogP contribution in [0.5, 0.6) is 0 Å². The van der Waals surface area contributed by atoms with E-state index >= 15 is 0 Å². The highest BCUT2D eigenvalue weighted by atomic mass is 32.2. The first-order chi connectivity index (χ1) is 18.2. The molecule has 4 rings (SSSR count). The number of hydrogen-bond acceptors (Lipinski definition) is 6. The molecule has 1 heterocycles. The van der Waals surface area contributed by atoms with Crippen LogP contribution in [0.4, 0.5) is 5.69 Å². The Balaban J connectivity index is 1.54. The second-order valence-corrected chi connectivity index (χ2v) is 13.6. The van der Waals surface area contributed by atoms with Gasteiger partial charge in [-0.25, -0.2) is 16.8 Å². The molecule has 1 unspecified atom stereocenters. The van der Waals surface area contributed by atoms with Crippen molar-refractivity contribution in [3.05, 3.63) is 54.6 Å². The number of nitrogens with one attached hydrogen (secondary N) is 1. The first-order valence-corrected chi connectivity index (χ1v) is 16.2. The van der Waals surface area contributed by atoms with Crippen molar-refractivity contribution in [2.24, 2.45) is 0 Å². The lowest BCUT2D eigenvalue weighted by Crippen LogP contribution is -2.42. The van der Waals surface area contributed by atoms with Crippen molar-refractivity contribution >= 4 is 31.6 Å². The number of carbonyl (C=O) groups is 1. The zero-order valence-corrected chi connectivity index (χ0v) is 23.4. The maximum atomic E-state index is 13.6. The van der Waals surface area contributed by atoms with Crippen molar-refractivity contribution in [1.82, 2.24) is 8.61 Å². The van der Waals surface area contributed by atoms with Crippen LogP contribution in [0.1, 0.15) is 51.9 Å². The molecule has 2 fully saturated rings. The van der Waals surface area contributed by atoms with Crippen LogP contribution in [0, 0.1) is 0 Å². The number of anilines is 1. The molecular weight excluding hydrogens is 526 g/mol. The lowest BCUT2D eigenvalue weighted by atomic mass is 9.95. The van der Waals surface area contributed by atoms with Crippen molar-refractivity contribution in [3.8, 4) is 0 Å². The Hall–Kier alpha value is -2.31. The maximum Gasteiger partial charge on any atom is 0.243 e. The third-order valence-electron chi connectivity index (χ3n) is 7.17. The van der Waals surface area contributed by atoms with Gasteiger partial charge in [-0.2, -0.15) is 8.61 Å². The minimum Gasteiger partial charge on any atom is -0.377 e. The first kappa shape index (κ1) is 28.7. The quantitative estimate of drug-likeness (QED) is 0.445. The molecule has 1 atom stereocenters. The highest BCUT2D eigenvalue weighted by Gasteiger charge is 2.33. The van der Waals surface area contributed by atoms with Crippen LogP contribution in [-0.4, -0.2) is 69.7 Å². The van der Waals surface area contributed by atoms with Gasteiger partial charge < -0.3 is 10.1 Å². The van der Waals surface area contributed by atoms with Crippen LogP contribution in [0.25, 0.3) is 0 Å². The average molecular weight is 564 g/mol. The molecule has 2 aromatic carbocycles. The summed E-state index contributed by atoms with van der Waals surface area (Å²) in [6.45, 7) is 2.39. The van der Waals surface area contributed by atoms with E-state index in [4.69, 9.17) is 4.74 Å². The van der Waals surface area contributed by atoms with E-state index in [-0.39, 0.29) is 35.0 Å². The fourth-order valence-electron chi connectivity index (χ4n) is 5.21. The highest BCUT2D eigenvalue weighted by molar-refractivity contribution is 7.89. The number of para-hydroxylation sites is 1. The third-order valence-corrected chi connectivity index (χ3v) is 11.0. The lowest BCUT2D eigenvalue weighted by molar-refractivity contribution is -0.116. The predicted molar refractivity (Wildman–Crippen MR) is 146 cm³/mol. The summed E-state index contributed by atoms with van der Waals surface area (Å²) in [4.78, 5) is 12.8. The van der Waals surface area contributed by atoms with E-state index in [0.29, 0.717) is 25.3 Å². The molecule has 0 spiro atoms. The Morgan fingerprint density at radius 3 is 2.08 bits per heavy atom. The number of amides is 1. The summed E-state index contributed by atoms with van der Waals surface area (Å²) in [5, 5.41) is 2.73. The van der Waals surface area contributed by atoms with E-state index in [0.717, 1.165) is 42.8 Å². The highest BCUT2D eigenvalue weighted by Crippen LogP contribution is 2.29. The van der Waals surface area contributed by atoms with Gasteiger partial charge in [0.2, 0.25) is 26.0 Å².